The van der Waals surface area contributed by atoms with Gasteiger partial charge in [0.05, 0.1) is 43.4 Å². The normalized spacial score (nSPS) is 17.8. The van der Waals surface area contributed by atoms with Crippen molar-refractivity contribution in [1.82, 2.24) is 33.3 Å². The van der Waals surface area contributed by atoms with Crippen LogP contribution in [-0.4, -0.2) is 156 Å². The molecule has 8 aromatic rings. The van der Waals surface area contributed by atoms with Gasteiger partial charge in [0.25, 0.3) is 11.8 Å². The van der Waals surface area contributed by atoms with E-state index in [4.69, 9.17) is 25.1 Å². The van der Waals surface area contributed by atoms with Crippen molar-refractivity contribution >= 4 is 41.4 Å². The van der Waals surface area contributed by atoms with Crippen LogP contribution in [0.4, 0.5) is 26.3 Å². The maximum Gasteiger partial charge on any atom is 0.358 e. The monoisotopic (exact) mass is 1550 g/mol. The fourth-order valence-electron chi connectivity index (χ4n) is 15.5. The number of pyridine rings is 3. The van der Waals surface area contributed by atoms with Gasteiger partial charge in [0.2, 0.25) is 16.3 Å². The van der Waals surface area contributed by atoms with E-state index in [2.05, 4.69) is 9.80 Å². The Labute approximate surface area is 640 Å². The lowest BCUT2D eigenvalue weighted by molar-refractivity contribution is -0.108. The van der Waals surface area contributed by atoms with E-state index in [1.807, 2.05) is 35.2 Å². The fraction of sp³-hybridized carbons (Fsp3) is 0.373. The number of amides is 2. The zero-order valence-electron chi connectivity index (χ0n) is 61.8. The number of carbonyl (C=O) groups is 7. The minimum absolute atomic E-state index is 0.0110. The predicted octanol–water partition coefficient (Wildman–Crippen LogP) is 9.94. The molecule has 7 aliphatic rings. The summed E-state index contributed by atoms with van der Waals surface area (Å²) in [5, 5.41) is 17.5. The molecule has 6 aliphatic heterocycles. The molecule has 0 spiro atoms. The second-order valence-corrected chi connectivity index (χ2v) is 28.1. The highest BCUT2D eigenvalue weighted by Gasteiger charge is 2.50. The number of aliphatic hydroxyl groups excluding tert-OH is 1. The van der Waals surface area contributed by atoms with Crippen LogP contribution in [0.15, 0.2) is 148 Å². The number of nitrogens with two attached hydrogens (primary N) is 1. The number of rotatable bonds is 22. The molecule has 4 atom stereocenters. The Morgan fingerprint density at radius 2 is 0.929 bits per heavy atom. The number of fused-ring (bicyclic) bond motifs is 8. The summed E-state index contributed by atoms with van der Waals surface area (Å²) in [6, 6.07) is 28.0. The number of aromatic nitrogens is 3. The topological polar surface area (TPSA) is 293 Å². The summed E-state index contributed by atoms with van der Waals surface area (Å²) < 4.78 is 102. The molecule has 2 amide bonds. The quantitative estimate of drug-likeness (QED) is 0.0246. The number of carbonyl (C=O) groups excluding carboxylic acids is 7. The zero-order valence-corrected chi connectivity index (χ0v) is 61.8. The average molecular weight is 1550 g/mol. The van der Waals surface area contributed by atoms with Crippen LogP contribution in [-0.2, 0) is 61.6 Å². The third kappa shape index (κ3) is 18.4. The van der Waals surface area contributed by atoms with Crippen molar-refractivity contribution in [2.24, 2.45) is 11.7 Å². The Morgan fingerprint density at radius 3 is 1.35 bits per heavy atom. The molecule has 0 radical (unpaired) electrons. The van der Waals surface area contributed by atoms with Crippen molar-refractivity contribution in [3.8, 4) is 17.2 Å². The van der Waals surface area contributed by atoms with E-state index in [0.717, 1.165) is 112 Å². The van der Waals surface area contributed by atoms with Crippen LogP contribution >= 0.6 is 0 Å². The SMILES string of the molecule is CO.COC(=O)c1c(OCc2ccccc2)c(=O)c(C(=O)CCc2ccc(F)cc2F)cn1CC=O.NCC1CCCC1.O=C(CCc1ccc(F)cc1F)c1cn2c(c(O)c1=O)C(=O)N1C[C@@H]3CCCN3[C@H]1C2.O=C(CCc1ccc(F)cc1F)c1cn2c(c(OCc3ccccc3)c1=O)C(=O)N1C[C@@H]3CCCN3[C@H]1C2. The van der Waals surface area contributed by atoms with Gasteiger partial charge in [-0.05, 0) is 116 Å². The molecule has 5 fully saturated rings. The number of hydrogen-bond donors (Lipinski definition) is 3. The van der Waals surface area contributed by atoms with Crippen LogP contribution in [0.2, 0.25) is 0 Å². The van der Waals surface area contributed by atoms with E-state index >= 15 is 0 Å². The maximum atomic E-state index is 14.1. The number of aryl methyl sites for hydroxylation is 3. The van der Waals surface area contributed by atoms with Crippen LogP contribution in [0.25, 0.3) is 0 Å². The van der Waals surface area contributed by atoms with Crippen molar-refractivity contribution in [2.75, 3.05) is 46.9 Å². The van der Waals surface area contributed by atoms with Gasteiger partial charge in [-0.1, -0.05) is 91.7 Å². The lowest BCUT2D eigenvalue weighted by Gasteiger charge is -2.36. The standard InChI is InChI=1S/C29H27F2N3O4.C25H21F2NO6.C22H21F2N3O4.C6H13N.CH4O/c30-20-10-8-19(23(31)13-20)9-11-24(35)22-15-32-16-25-33-12-4-7-21(33)14-34(25)29(37)26(32)28(27(22)36)38-17-18-5-2-1-3-6-18;1-33-25(32)22-24(34-15-16-5-3-2-4-6-16)23(31)19(14-28(22)11-12-29)21(30)10-8-17-7-9-18(26)13-20(17)27;23-13-5-3-12(16(24)8-13)4-6-17(28)15-10-25-11-18-26-7-1-2-14(26)9-27(18)22(31)19(25)21(30)20(15)29;7-5-6-3-1-2-4-6;1-2/h1-3,5-6,8,10,13,15,21,25H,4,7,9,11-12,14,16-17H2;2-7,9,12-14H,8,10-11,15H2,1H3;3,5,8,10,14,18,30H,1-2,4,6-7,9,11H2;6H,1-5,7H2;2H,1H3/t21-,25+;;14-,18+;;/m0.0../s1. The van der Waals surface area contributed by atoms with Crippen molar-refractivity contribution in [3.63, 3.8) is 0 Å². The molecule has 4 saturated heterocycles. The molecule has 4 N–H and O–H groups in total. The summed E-state index contributed by atoms with van der Waals surface area (Å²) >= 11 is 0. The molecule has 0 bridgehead atoms. The van der Waals surface area contributed by atoms with Crippen molar-refractivity contribution < 1.29 is 84.3 Å². The summed E-state index contributed by atoms with van der Waals surface area (Å²) in [7, 11) is 2.11. The summed E-state index contributed by atoms with van der Waals surface area (Å²) in [5.74, 6) is -8.20. The Morgan fingerprint density at radius 1 is 0.518 bits per heavy atom. The molecule has 590 valence electrons. The Bertz CT molecular complexity index is 5020. The number of aliphatic hydroxyl groups is 1. The first kappa shape index (κ1) is 81.8. The number of aldehydes is 1. The number of ketones is 3. The minimum Gasteiger partial charge on any atom is -0.503 e. The lowest BCUT2D eigenvalue weighted by atomic mass is 10.0. The van der Waals surface area contributed by atoms with Gasteiger partial charge in [-0.15, -0.1) is 0 Å². The summed E-state index contributed by atoms with van der Waals surface area (Å²) in [6.07, 6.45) is 13.1. The van der Waals surface area contributed by atoms with Crippen molar-refractivity contribution in [1.29, 1.82) is 0 Å². The Balaban J connectivity index is 0.000000158. The van der Waals surface area contributed by atoms with Crippen LogP contribution < -0.4 is 31.5 Å². The number of halogens is 6. The van der Waals surface area contributed by atoms with Crippen LogP contribution in [0.5, 0.6) is 17.2 Å². The minimum atomic E-state index is -0.922. The van der Waals surface area contributed by atoms with E-state index in [1.54, 1.807) is 39.8 Å². The van der Waals surface area contributed by atoms with Gasteiger partial charge in [-0.25, -0.2) is 31.1 Å². The average Bonchev–Trinajstić information content (AvgIpc) is 1.55. The lowest BCUT2D eigenvalue weighted by Crippen LogP contribution is -2.50. The van der Waals surface area contributed by atoms with Gasteiger partial charge < -0.3 is 58.5 Å². The van der Waals surface area contributed by atoms with E-state index in [-0.39, 0.29) is 139 Å². The molecule has 5 aromatic carbocycles. The molecule has 3 aromatic heterocycles. The summed E-state index contributed by atoms with van der Waals surface area (Å²) in [6.45, 7) is 4.30. The number of Topliss-reactive ketones (excluding diaryl/α,β-unsaturated/α-hetero) is 3. The summed E-state index contributed by atoms with van der Waals surface area (Å²) in [4.78, 5) is 137. The van der Waals surface area contributed by atoms with Gasteiger partial charge in [-0.2, -0.15) is 0 Å². The smallest absolute Gasteiger partial charge is 0.358 e. The fourth-order valence-corrected chi connectivity index (χ4v) is 15.5. The number of benzene rings is 5. The first-order chi connectivity index (χ1) is 54.0. The highest BCUT2D eigenvalue weighted by molar-refractivity contribution is 6.02. The molecule has 23 nitrogen and oxygen atoms in total. The highest BCUT2D eigenvalue weighted by Crippen LogP contribution is 2.38. The number of ether oxygens (including phenoxy) is 3. The molecular formula is C83H86F6N8O15. The number of esters is 1. The van der Waals surface area contributed by atoms with Gasteiger partial charge in [0, 0.05) is 101 Å². The van der Waals surface area contributed by atoms with Crippen LogP contribution in [0, 0.1) is 40.8 Å². The molecule has 112 heavy (non-hydrogen) atoms. The third-order valence-electron chi connectivity index (χ3n) is 21.2. The molecule has 1 aliphatic carbocycles. The number of hydrogen-bond acceptors (Lipinski definition) is 18. The van der Waals surface area contributed by atoms with Crippen molar-refractivity contribution in [2.45, 2.75) is 147 Å². The van der Waals surface area contributed by atoms with Crippen molar-refractivity contribution in [3.05, 3.63) is 261 Å². The molecule has 15 rings (SSSR count). The first-order valence-electron chi connectivity index (χ1n) is 37.1. The van der Waals surface area contributed by atoms with Gasteiger partial charge in [0.1, 0.15) is 66.7 Å². The third-order valence-corrected chi connectivity index (χ3v) is 21.2. The number of nitrogens with zero attached hydrogens (tertiary/aromatic N) is 7. The molecule has 29 heteroatoms. The second kappa shape index (κ2) is 37.3. The molecule has 9 heterocycles. The predicted molar refractivity (Wildman–Crippen MR) is 398 cm³/mol. The molecule has 0 unspecified atom stereocenters. The maximum absolute atomic E-state index is 14.1. The van der Waals surface area contributed by atoms with Gasteiger partial charge >= 0.3 is 5.97 Å². The molecule has 1 saturated carbocycles. The van der Waals surface area contributed by atoms with Gasteiger partial charge in [0.15, 0.2) is 51.7 Å². The van der Waals surface area contributed by atoms with Crippen LogP contribution in [0.3, 0.4) is 0 Å². The second-order valence-electron chi connectivity index (χ2n) is 28.1. The largest absolute Gasteiger partial charge is 0.503 e. The highest BCUT2D eigenvalue weighted by atomic mass is 19.2. The van der Waals surface area contributed by atoms with Gasteiger partial charge in [-0.3, -0.25) is 48.2 Å². The Kier molecular flexibility index (Phi) is 27.2. The Hall–Kier alpha value is -11.1. The first-order valence-corrected chi connectivity index (χ1v) is 37.1. The molecular weight excluding hydrogens is 1460 g/mol. The summed E-state index contributed by atoms with van der Waals surface area (Å²) in [5.41, 5.74) is 4.08. The van der Waals surface area contributed by atoms with E-state index in [1.165, 1.54) is 60.8 Å². The van der Waals surface area contributed by atoms with E-state index in [9.17, 15) is 79.4 Å². The van der Waals surface area contributed by atoms with Crippen LogP contribution in [0.1, 0.15) is 161 Å². The number of aromatic hydroxyl groups is 1. The zero-order chi connectivity index (χ0) is 80.0. The number of methoxy groups -OCH3 is 1. The van der Waals surface area contributed by atoms with E-state index in [0.29, 0.717) is 50.1 Å². The van der Waals surface area contributed by atoms with E-state index < -0.39 is 91.9 Å².